The van der Waals surface area contributed by atoms with Crippen LogP contribution in [-0.4, -0.2) is 44.0 Å². The molecule has 0 atom stereocenters. The summed E-state index contributed by atoms with van der Waals surface area (Å²) in [6, 6.07) is 0. The molecule has 256 valence electrons. The van der Waals surface area contributed by atoms with Crippen molar-refractivity contribution in [2.24, 2.45) is 0 Å². The Labute approximate surface area is 286 Å². The molecule has 0 unspecified atom stereocenters. The molecule has 0 aromatic rings. The second kappa shape index (κ2) is 17.2. The van der Waals surface area contributed by atoms with E-state index in [1.807, 2.05) is 5.57 Å². The molecule has 0 amide bonds. The van der Waals surface area contributed by atoms with Crippen LogP contribution in [0, 0.1) is 0 Å². The van der Waals surface area contributed by atoms with E-state index in [4.69, 9.17) is 0 Å². The maximum atomic E-state index is 2.98. The summed E-state index contributed by atoms with van der Waals surface area (Å²) in [5, 5.41) is 1.11. The van der Waals surface area contributed by atoms with Crippen LogP contribution in [0.2, 0.25) is 0 Å². The van der Waals surface area contributed by atoms with E-state index < -0.39 is 14.5 Å². The van der Waals surface area contributed by atoms with E-state index in [2.05, 4.69) is 35.5 Å². The normalized spacial score (nSPS) is 29.4. The van der Waals surface area contributed by atoms with Crippen molar-refractivity contribution >= 4 is 19.1 Å². The molecule has 6 aliphatic rings. The molecule has 0 heterocycles. The molecule has 0 radical (unpaired) electrons. The van der Waals surface area contributed by atoms with Crippen molar-refractivity contribution in [1.82, 2.24) is 0 Å². The van der Waals surface area contributed by atoms with Gasteiger partial charge in [0.05, 0.1) is 0 Å². The van der Waals surface area contributed by atoms with Gasteiger partial charge in [0.15, 0.2) is 0 Å². The molecule has 6 aliphatic carbocycles. The fourth-order valence-corrected chi connectivity index (χ4v) is 39.7. The molecule has 0 aromatic heterocycles. The number of allylic oxidation sites excluding steroid dienone is 2. The fraction of sp³-hybridized carbons (Fsp3) is 0.927. The van der Waals surface area contributed by atoms with E-state index in [0.29, 0.717) is 0 Å². The maximum absolute atomic E-state index is 2.98. The first-order valence-corrected chi connectivity index (χ1v) is 26.4. The van der Waals surface area contributed by atoms with Crippen LogP contribution in [0.5, 0.6) is 0 Å². The Bertz CT molecular complexity index is 736. The van der Waals surface area contributed by atoms with Crippen molar-refractivity contribution in [3.8, 4) is 0 Å². The van der Waals surface area contributed by atoms with Crippen LogP contribution in [0.1, 0.15) is 200 Å². The molecule has 0 spiro atoms. The predicted molar refractivity (Wildman–Crippen MR) is 201 cm³/mol. The molecule has 0 aliphatic heterocycles. The molecule has 3 heteroatoms. The van der Waals surface area contributed by atoms with Crippen LogP contribution in [0.4, 0.5) is 0 Å². The Morgan fingerprint density at radius 1 is 0.409 bits per heavy atom. The molecule has 44 heavy (non-hydrogen) atoms. The summed E-state index contributed by atoms with van der Waals surface area (Å²) in [4.78, 5) is 0. The van der Waals surface area contributed by atoms with Crippen molar-refractivity contribution in [2.45, 2.75) is 239 Å². The summed E-state index contributed by atoms with van der Waals surface area (Å²) in [5.41, 5.74) is 8.94. The average molecular weight is 730 g/mol. The van der Waals surface area contributed by atoms with Gasteiger partial charge in [-0.05, 0) is 0 Å². The third-order valence-electron chi connectivity index (χ3n) is 15.7. The molecule has 6 fully saturated rings. The topological polar surface area (TPSA) is 0 Å². The summed E-state index contributed by atoms with van der Waals surface area (Å²) in [6.07, 6.45) is 50.8. The molecule has 0 bridgehead atoms. The molecular weight excluding hydrogens is 655 g/mol. The third-order valence-corrected chi connectivity index (χ3v) is 33.8. The second-order valence-electron chi connectivity index (χ2n) is 17.5. The van der Waals surface area contributed by atoms with Crippen molar-refractivity contribution in [1.29, 1.82) is 0 Å². The van der Waals surface area contributed by atoms with E-state index in [1.165, 1.54) is 0 Å². The zero-order chi connectivity index (χ0) is 30.2. The molecule has 0 nitrogen and oxygen atoms in total. The van der Waals surface area contributed by atoms with Gasteiger partial charge in [-0.25, -0.2) is 0 Å². The van der Waals surface area contributed by atoms with E-state index >= 15 is 0 Å². The predicted octanol–water partition coefficient (Wildman–Crippen LogP) is 13.1. The molecule has 0 N–H and O–H groups in total. The van der Waals surface area contributed by atoms with E-state index in [9.17, 15) is 0 Å². The average Bonchev–Trinajstić information content (AvgIpc) is 3.11. The fourth-order valence-electron chi connectivity index (χ4n) is 14.4. The zero-order valence-electron chi connectivity index (χ0n) is 29.3. The minimum absolute atomic E-state index is 1.11. The monoisotopic (exact) mass is 730 g/mol. The standard InChI is InChI=1S/C41H74P2.Ru/c1-3-34(2)41(42(35-22-10-4-11-23-35,36-24-12-5-13-25-36)37-26-14-6-15-27-37)43(38-28-16-7-17-29-38,39-30-18-8-19-31-39)40-32-20-9-21-33-40;/h1,3,35-43H,4-33H2,2H3;. The Morgan fingerprint density at radius 3 is 0.795 bits per heavy atom. The van der Waals surface area contributed by atoms with E-state index in [-0.39, 0.29) is 0 Å². The Balaban J connectivity index is 1.65. The van der Waals surface area contributed by atoms with Gasteiger partial charge in [-0.3, -0.25) is 0 Å². The van der Waals surface area contributed by atoms with E-state index in [0.717, 1.165) is 39.4 Å². The van der Waals surface area contributed by atoms with Crippen LogP contribution in [-0.2, 0) is 17.9 Å². The molecule has 6 saturated carbocycles. The van der Waals surface area contributed by atoms with Crippen molar-refractivity contribution < 1.29 is 17.9 Å². The van der Waals surface area contributed by atoms with Crippen molar-refractivity contribution in [3.05, 3.63) is 11.6 Å². The van der Waals surface area contributed by atoms with Gasteiger partial charge in [0.2, 0.25) is 0 Å². The minimum atomic E-state index is -1.74. The summed E-state index contributed by atoms with van der Waals surface area (Å²) in [6.45, 7) is 2.81. The van der Waals surface area contributed by atoms with E-state index in [1.54, 1.807) is 193 Å². The van der Waals surface area contributed by atoms with Gasteiger partial charge >= 0.3 is 288 Å². The Hall–Kier alpha value is 1.09. The summed E-state index contributed by atoms with van der Waals surface area (Å²) >= 11 is 2.98. The summed E-state index contributed by atoms with van der Waals surface area (Å²) in [7, 11) is -3.49. The van der Waals surface area contributed by atoms with Gasteiger partial charge in [0, 0.05) is 0 Å². The Morgan fingerprint density at radius 2 is 0.614 bits per heavy atom. The molecule has 6 rings (SSSR count). The number of hydrogen-bond acceptors (Lipinski definition) is 0. The molecular formula is C41H74P2Ru. The first-order valence-electron chi connectivity index (χ1n) is 20.8. The van der Waals surface area contributed by atoms with Crippen LogP contribution in [0.25, 0.3) is 0 Å². The first kappa shape index (κ1) is 34.9. The summed E-state index contributed by atoms with van der Waals surface area (Å²) < 4.78 is 2.48. The van der Waals surface area contributed by atoms with Crippen LogP contribution < -0.4 is 0 Å². The molecule has 0 saturated heterocycles. The Kier molecular flexibility index (Phi) is 13.6. The van der Waals surface area contributed by atoms with Gasteiger partial charge in [-0.15, -0.1) is 0 Å². The second-order valence-corrected chi connectivity index (χ2v) is 28.7. The number of rotatable bonds is 10. The van der Waals surface area contributed by atoms with Crippen LogP contribution >= 0.6 is 14.5 Å². The van der Waals surface area contributed by atoms with Crippen LogP contribution in [0.3, 0.4) is 0 Å². The third kappa shape index (κ3) is 7.05. The van der Waals surface area contributed by atoms with Gasteiger partial charge in [0.1, 0.15) is 0 Å². The zero-order valence-corrected chi connectivity index (χ0v) is 33.0. The van der Waals surface area contributed by atoms with Gasteiger partial charge in [-0.1, -0.05) is 0 Å². The number of hydrogen-bond donors (Lipinski definition) is 0. The van der Waals surface area contributed by atoms with Crippen molar-refractivity contribution in [3.63, 3.8) is 0 Å². The summed E-state index contributed by atoms with van der Waals surface area (Å²) in [5.74, 6) is 0. The SMILES string of the molecule is CC(=C[CH]=[Ru])C([PH](C1CCCCC1)(C1CCCCC1)C1CCCCC1)[PH](C1CCCCC1)(C1CCCCC1)C1CCCCC1. The molecule has 0 aromatic carbocycles. The van der Waals surface area contributed by atoms with Crippen molar-refractivity contribution in [2.75, 3.05) is 0 Å². The van der Waals surface area contributed by atoms with Gasteiger partial charge < -0.3 is 0 Å². The first-order chi connectivity index (χ1) is 21.7. The van der Waals surface area contributed by atoms with Crippen LogP contribution in [0.15, 0.2) is 11.6 Å². The quantitative estimate of drug-likeness (QED) is 0.155. The van der Waals surface area contributed by atoms with Gasteiger partial charge in [0.25, 0.3) is 0 Å². The van der Waals surface area contributed by atoms with Gasteiger partial charge in [-0.2, -0.15) is 0 Å².